The van der Waals surface area contributed by atoms with Crippen molar-refractivity contribution in [1.29, 1.82) is 0 Å². The highest BCUT2D eigenvalue weighted by molar-refractivity contribution is 6.04. The maximum atomic E-state index is 12.5. The maximum Gasteiger partial charge on any atom is 0.257 e. The topological polar surface area (TPSA) is 57.3 Å². The number of nitrogens with zero attached hydrogens (tertiary/aromatic N) is 2. The van der Waals surface area contributed by atoms with Crippen molar-refractivity contribution in [2.75, 3.05) is 29.9 Å². The first-order valence-corrected chi connectivity index (χ1v) is 8.59. The predicted molar refractivity (Wildman–Crippen MR) is 97.5 cm³/mol. The Morgan fingerprint density at radius 1 is 1.17 bits per heavy atom. The third-order valence-electron chi connectivity index (χ3n) is 4.27. The van der Waals surface area contributed by atoms with Gasteiger partial charge in [0.1, 0.15) is 5.82 Å². The quantitative estimate of drug-likeness (QED) is 0.857. The number of carbonyl (C=O) groups is 1. The van der Waals surface area contributed by atoms with Crippen LogP contribution in [0, 0.1) is 0 Å². The molecule has 0 saturated carbocycles. The van der Waals surface area contributed by atoms with Gasteiger partial charge in [-0.25, -0.2) is 4.98 Å². The van der Waals surface area contributed by atoms with Gasteiger partial charge in [-0.3, -0.25) is 4.79 Å². The van der Waals surface area contributed by atoms with Gasteiger partial charge in [-0.15, -0.1) is 0 Å². The van der Waals surface area contributed by atoms with Gasteiger partial charge < -0.3 is 15.5 Å². The molecule has 126 valence electrons. The number of rotatable bonds is 6. The number of hydrogen-bond donors (Lipinski definition) is 2. The first-order valence-electron chi connectivity index (χ1n) is 8.59. The van der Waals surface area contributed by atoms with Gasteiger partial charge in [-0.05, 0) is 43.1 Å². The Bertz CT molecular complexity index is 678. The lowest BCUT2D eigenvalue weighted by Gasteiger charge is -2.16. The molecule has 1 aromatic carbocycles. The lowest BCUT2D eigenvalue weighted by molar-refractivity contribution is 0.102. The molecule has 0 radical (unpaired) electrons. The maximum absolute atomic E-state index is 12.5. The number of anilines is 2. The highest BCUT2D eigenvalue weighted by atomic mass is 16.1. The zero-order valence-electron chi connectivity index (χ0n) is 14.1. The number of para-hydroxylation sites is 1. The van der Waals surface area contributed by atoms with E-state index in [1.165, 1.54) is 12.8 Å². The van der Waals surface area contributed by atoms with Gasteiger partial charge in [0.15, 0.2) is 0 Å². The molecule has 1 aliphatic rings. The second-order valence-corrected chi connectivity index (χ2v) is 5.99. The van der Waals surface area contributed by atoms with Gasteiger partial charge in [0.05, 0.1) is 5.56 Å². The van der Waals surface area contributed by atoms with Gasteiger partial charge >= 0.3 is 0 Å². The number of nitrogens with one attached hydrogen (secondary N) is 2. The third-order valence-corrected chi connectivity index (χ3v) is 4.27. The standard InChI is InChI=1S/C19H24N4O/c1-2-20-13-15-7-3-4-8-17(15)22-19(24)16-9-10-18(21-14-16)23-11-5-6-12-23/h3-4,7-10,14,20H,2,5-6,11-13H2,1H3,(H,22,24). The molecule has 5 heteroatoms. The monoisotopic (exact) mass is 324 g/mol. The van der Waals surface area contributed by atoms with Crippen LogP contribution < -0.4 is 15.5 Å². The van der Waals surface area contributed by atoms with Crippen molar-refractivity contribution in [2.24, 2.45) is 0 Å². The average Bonchev–Trinajstić information content (AvgIpc) is 3.16. The van der Waals surface area contributed by atoms with Crippen LogP contribution in [-0.4, -0.2) is 30.5 Å². The summed E-state index contributed by atoms with van der Waals surface area (Å²) in [6, 6.07) is 11.6. The van der Waals surface area contributed by atoms with E-state index in [4.69, 9.17) is 0 Å². The van der Waals surface area contributed by atoms with E-state index in [-0.39, 0.29) is 5.91 Å². The molecular formula is C19H24N4O. The lowest BCUT2D eigenvalue weighted by atomic mass is 10.1. The van der Waals surface area contributed by atoms with Crippen molar-refractivity contribution in [3.05, 3.63) is 53.7 Å². The van der Waals surface area contributed by atoms with Crippen LogP contribution in [0.25, 0.3) is 0 Å². The Hall–Kier alpha value is -2.40. The van der Waals surface area contributed by atoms with Crippen LogP contribution in [0.3, 0.4) is 0 Å². The fraction of sp³-hybridized carbons (Fsp3) is 0.368. The van der Waals surface area contributed by atoms with Crippen molar-refractivity contribution in [2.45, 2.75) is 26.3 Å². The summed E-state index contributed by atoms with van der Waals surface area (Å²) < 4.78 is 0. The molecular weight excluding hydrogens is 300 g/mol. The highest BCUT2D eigenvalue weighted by Gasteiger charge is 2.14. The fourth-order valence-electron chi connectivity index (χ4n) is 2.90. The molecule has 1 aromatic heterocycles. The van der Waals surface area contributed by atoms with E-state index < -0.39 is 0 Å². The third kappa shape index (κ3) is 3.92. The summed E-state index contributed by atoms with van der Waals surface area (Å²) >= 11 is 0. The number of pyridine rings is 1. The molecule has 2 N–H and O–H groups in total. The first-order chi connectivity index (χ1) is 11.8. The van der Waals surface area contributed by atoms with Crippen LogP contribution in [-0.2, 0) is 6.54 Å². The minimum atomic E-state index is -0.126. The average molecular weight is 324 g/mol. The smallest absolute Gasteiger partial charge is 0.257 e. The number of carbonyl (C=O) groups excluding carboxylic acids is 1. The van der Waals surface area contributed by atoms with E-state index in [0.29, 0.717) is 5.56 Å². The van der Waals surface area contributed by atoms with Gasteiger partial charge in [0, 0.05) is 31.5 Å². The number of aromatic nitrogens is 1. The molecule has 5 nitrogen and oxygen atoms in total. The summed E-state index contributed by atoms with van der Waals surface area (Å²) in [5, 5.41) is 6.28. The molecule has 1 saturated heterocycles. The number of amides is 1. The van der Waals surface area contributed by atoms with Crippen LogP contribution >= 0.6 is 0 Å². The van der Waals surface area contributed by atoms with Crippen molar-refractivity contribution in [1.82, 2.24) is 10.3 Å². The van der Waals surface area contributed by atoms with Crippen molar-refractivity contribution in [3.63, 3.8) is 0 Å². The Kier molecular flexibility index (Phi) is 5.43. The number of hydrogen-bond acceptors (Lipinski definition) is 4. The van der Waals surface area contributed by atoms with Crippen LogP contribution in [0.15, 0.2) is 42.6 Å². The molecule has 0 bridgehead atoms. The molecule has 1 fully saturated rings. The van der Waals surface area contributed by atoms with Crippen LogP contribution in [0.2, 0.25) is 0 Å². The van der Waals surface area contributed by atoms with Gasteiger partial charge in [0.25, 0.3) is 5.91 Å². The van der Waals surface area contributed by atoms with E-state index in [2.05, 4.69) is 27.4 Å². The molecule has 2 heterocycles. The van der Waals surface area contributed by atoms with Crippen molar-refractivity contribution in [3.8, 4) is 0 Å². The van der Waals surface area contributed by atoms with Crippen molar-refractivity contribution < 1.29 is 4.79 Å². The lowest BCUT2D eigenvalue weighted by Crippen LogP contribution is -2.20. The summed E-state index contributed by atoms with van der Waals surface area (Å²) in [6.07, 6.45) is 4.09. The molecule has 0 unspecified atom stereocenters. The molecule has 3 rings (SSSR count). The Morgan fingerprint density at radius 2 is 1.96 bits per heavy atom. The van der Waals surface area contributed by atoms with Crippen LogP contribution in [0.4, 0.5) is 11.5 Å². The van der Waals surface area contributed by atoms with E-state index in [1.807, 2.05) is 36.4 Å². The Labute approximate surface area is 143 Å². The first kappa shape index (κ1) is 16.5. The van der Waals surface area contributed by atoms with Crippen LogP contribution in [0.5, 0.6) is 0 Å². The minimum absolute atomic E-state index is 0.126. The molecule has 0 spiro atoms. The van der Waals surface area contributed by atoms with Crippen LogP contribution in [0.1, 0.15) is 35.7 Å². The second kappa shape index (κ2) is 7.93. The molecule has 1 amide bonds. The van der Waals surface area contributed by atoms with Crippen molar-refractivity contribution >= 4 is 17.4 Å². The summed E-state index contributed by atoms with van der Waals surface area (Å²) in [4.78, 5) is 19.2. The van der Waals surface area contributed by atoms with E-state index in [1.54, 1.807) is 6.20 Å². The number of benzene rings is 1. The Morgan fingerprint density at radius 3 is 2.67 bits per heavy atom. The molecule has 0 atom stereocenters. The molecule has 24 heavy (non-hydrogen) atoms. The zero-order chi connectivity index (χ0) is 16.8. The molecule has 1 aliphatic heterocycles. The fourth-order valence-corrected chi connectivity index (χ4v) is 2.90. The van der Waals surface area contributed by atoms with E-state index >= 15 is 0 Å². The SMILES string of the molecule is CCNCc1ccccc1NC(=O)c1ccc(N2CCCC2)nc1. The second-order valence-electron chi connectivity index (χ2n) is 5.99. The summed E-state index contributed by atoms with van der Waals surface area (Å²) in [6.45, 7) is 5.80. The molecule has 2 aromatic rings. The summed E-state index contributed by atoms with van der Waals surface area (Å²) in [5.74, 6) is 0.830. The van der Waals surface area contributed by atoms with Gasteiger partial charge in [-0.1, -0.05) is 25.1 Å². The minimum Gasteiger partial charge on any atom is -0.357 e. The largest absolute Gasteiger partial charge is 0.357 e. The van der Waals surface area contributed by atoms with E-state index in [0.717, 1.165) is 43.2 Å². The summed E-state index contributed by atoms with van der Waals surface area (Å²) in [7, 11) is 0. The molecule has 0 aliphatic carbocycles. The Balaban J connectivity index is 1.68. The predicted octanol–water partition coefficient (Wildman–Crippen LogP) is 3.04. The highest BCUT2D eigenvalue weighted by Crippen LogP contribution is 2.19. The summed E-state index contributed by atoms with van der Waals surface area (Å²) in [5.41, 5.74) is 2.50. The normalized spacial score (nSPS) is 14.0. The zero-order valence-corrected chi connectivity index (χ0v) is 14.1. The van der Waals surface area contributed by atoms with Gasteiger partial charge in [0.2, 0.25) is 0 Å². The van der Waals surface area contributed by atoms with Gasteiger partial charge in [-0.2, -0.15) is 0 Å². The van der Waals surface area contributed by atoms with E-state index in [9.17, 15) is 4.79 Å².